The monoisotopic (exact) mass is 181 g/mol. The van der Waals surface area contributed by atoms with E-state index in [1.54, 1.807) is 0 Å². The summed E-state index contributed by atoms with van der Waals surface area (Å²) in [6.07, 6.45) is 2.84. The molecule has 0 aliphatic rings. The molecule has 0 fully saturated rings. The molecule has 68 valence electrons. The van der Waals surface area contributed by atoms with Crippen LogP contribution in [-0.4, -0.2) is 25.5 Å². The molecule has 0 aliphatic carbocycles. The highest BCUT2D eigenvalue weighted by molar-refractivity contribution is 5.85. The molecule has 4 heteroatoms. The summed E-state index contributed by atoms with van der Waals surface area (Å²) in [5.41, 5.74) is 5.26. The number of hydrogen-bond acceptors (Lipinski definition) is 3. The Bertz CT molecular complexity index is 90.5. The Morgan fingerprint density at radius 2 is 2.27 bits per heavy atom. The SMILES string of the molecule is CCCCOC[C@H](N)C=O.Cl. The maximum atomic E-state index is 9.96. The summed E-state index contributed by atoms with van der Waals surface area (Å²) in [4.78, 5) is 9.96. The molecule has 0 rings (SSSR count). The van der Waals surface area contributed by atoms with Crippen LogP contribution in [-0.2, 0) is 9.53 Å². The van der Waals surface area contributed by atoms with E-state index < -0.39 is 6.04 Å². The lowest BCUT2D eigenvalue weighted by Gasteiger charge is -2.03. The third-order valence-corrected chi connectivity index (χ3v) is 1.13. The van der Waals surface area contributed by atoms with E-state index in [0.29, 0.717) is 19.5 Å². The molecule has 0 saturated heterocycles. The van der Waals surface area contributed by atoms with Crippen molar-refractivity contribution >= 4 is 18.7 Å². The van der Waals surface area contributed by atoms with Crippen LogP contribution < -0.4 is 5.73 Å². The predicted octanol–water partition coefficient (Wildman–Crippen LogP) is 0.751. The normalized spacial score (nSPS) is 11.8. The van der Waals surface area contributed by atoms with Gasteiger partial charge in [0, 0.05) is 6.61 Å². The Morgan fingerprint density at radius 1 is 1.64 bits per heavy atom. The fourth-order valence-electron chi connectivity index (χ4n) is 0.505. The van der Waals surface area contributed by atoms with E-state index in [1.165, 1.54) is 0 Å². The molecule has 0 aromatic heterocycles. The second-order valence-electron chi connectivity index (χ2n) is 2.23. The van der Waals surface area contributed by atoms with Crippen molar-refractivity contribution in [2.24, 2.45) is 5.73 Å². The topological polar surface area (TPSA) is 52.3 Å². The molecule has 2 N–H and O–H groups in total. The number of rotatable bonds is 6. The second-order valence-corrected chi connectivity index (χ2v) is 2.23. The summed E-state index contributed by atoms with van der Waals surface area (Å²) >= 11 is 0. The van der Waals surface area contributed by atoms with Crippen molar-refractivity contribution in [2.75, 3.05) is 13.2 Å². The summed E-state index contributed by atoms with van der Waals surface area (Å²) in [5.74, 6) is 0. The van der Waals surface area contributed by atoms with Gasteiger partial charge in [0.25, 0.3) is 0 Å². The van der Waals surface area contributed by atoms with E-state index in [1.807, 2.05) is 0 Å². The van der Waals surface area contributed by atoms with Crippen LogP contribution >= 0.6 is 12.4 Å². The lowest BCUT2D eigenvalue weighted by molar-refractivity contribution is -0.110. The summed E-state index contributed by atoms with van der Waals surface area (Å²) in [5, 5.41) is 0. The molecule has 0 bridgehead atoms. The molecular weight excluding hydrogens is 166 g/mol. The minimum absolute atomic E-state index is 0. The van der Waals surface area contributed by atoms with Gasteiger partial charge in [0.2, 0.25) is 0 Å². The van der Waals surface area contributed by atoms with Crippen LogP contribution in [0.25, 0.3) is 0 Å². The maximum Gasteiger partial charge on any atom is 0.139 e. The Morgan fingerprint density at radius 3 is 2.73 bits per heavy atom. The van der Waals surface area contributed by atoms with Gasteiger partial charge in [-0.15, -0.1) is 12.4 Å². The van der Waals surface area contributed by atoms with Crippen LogP contribution in [0.2, 0.25) is 0 Å². The third kappa shape index (κ3) is 9.88. The van der Waals surface area contributed by atoms with Crippen LogP contribution in [0, 0.1) is 0 Å². The highest BCUT2D eigenvalue weighted by Gasteiger charge is 1.97. The zero-order valence-corrected chi connectivity index (χ0v) is 7.60. The smallest absolute Gasteiger partial charge is 0.139 e. The van der Waals surface area contributed by atoms with Gasteiger partial charge in [-0.05, 0) is 6.42 Å². The third-order valence-electron chi connectivity index (χ3n) is 1.13. The standard InChI is InChI=1S/C7H15NO2.ClH/c1-2-3-4-10-6-7(8)5-9;/h5,7H,2-4,6,8H2,1H3;1H/t7-;/m1./s1. The molecule has 3 nitrogen and oxygen atoms in total. The molecule has 1 atom stereocenters. The van der Waals surface area contributed by atoms with Gasteiger partial charge < -0.3 is 15.3 Å². The van der Waals surface area contributed by atoms with E-state index >= 15 is 0 Å². The Hall–Kier alpha value is -0.120. The average Bonchev–Trinajstić information content (AvgIpc) is 1.98. The van der Waals surface area contributed by atoms with Gasteiger partial charge >= 0.3 is 0 Å². The summed E-state index contributed by atoms with van der Waals surface area (Å²) in [6, 6.07) is -0.447. The zero-order chi connectivity index (χ0) is 7.82. The zero-order valence-electron chi connectivity index (χ0n) is 6.79. The molecular formula is C7H16ClNO2. The second kappa shape index (κ2) is 9.88. The summed E-state index contributed by atoms with van der Waals surface area (Å²) in [7, 11) is 0. The van der Waals surface area contributed by atoms with E-state index in [9.17, 15) is 4.79 Å². The average molecular weight is 182 g/mol. The quantitative estimate of drug-likeness (QED) is 0.486. The number of hydrogen-bond donors (Lipinski definition) is 1. The van der Waals surface area contributed by atoms with Gasteiger partial charge in [-0.1, -0.05) is 13.3 Å². The molecule has 0 aromatic carbocycles. The molecule has 0 radical (unpaired) electrons. The van der Waals surface area contributed by atoms with Crippen LogP contribution in [0.5, 0.6) is 0 Å². The van der Waals surface area contributed by atoms with E-state index in [-0.39, 0.29) is 12.4 Å². The van der Waals surface area contributed by atoms with Crippen molar-refractivity contribution in [3.8, 4) is 0 Å². The van der Waals surface area contributed by atoms with Gasteiger partial charge in [0.15, 0.2) is 0 Å². The molecule has 0 saturated carbocycles. The van der Waals surface area contributed by atoms with Crippen molar-refractivity contribution in [2.45, 2.75) is 25.8 Å². The molecule has 0 unspecified atom stereocenters. The summed E-state index contributed by atoms with van der Waals surface area (Å²) < 4.78 is 5.07. The van der Waals surface area contributed by atoms with Crippen LogP contribution in [0.4, 0.5) is 0 Å². The fourth-order valence-corrected chi connectivity index (χ4v) is 0.505. The highest BCUT2D eigenvalue weighted by atomic mass is 35.5. The van der Waals surface area contributed by atoms with E-state index in [4.69, 9.17) is 10.5 Å². The molecule has 0 spiro atoms. The van der Waals surface area contributed by atoms with Crippen molar-refractivity contribution in [3.05, 3.63) is 0 Å². The van der Waals surface area contributed by atoms with E-state index in [0.717, 1.165) is 12.8 Å². The Labute approximate surface area is 73.7 Å². The van der Waals surface area contributed by atoms with Crippen LogP contribution in [0.1, 0.15) is 19.8 Å². The van der Waals surface area contributed by atoms with Gasteiger partial charge in [-0.25, -0.2) is 0 Å². The fraction of sp³-hybridized carbons (Fsp3) is 0.857. The number of nitrogens with two attached hydrogens (primary N) is 1. The molecule has 0 aromatic rings. The first-order valence-electron chi connectivity index (χ1n) is 3.60. The molecule has 0 amide bonds. The van der Waals surface area contributed by atoms with Crippen LogP contribution in [0.15, 0.2) is 0 Å². The van der Waals surface area contributed by atoms with Gasteiger partial charge in [-0.2, -0.15) is 0 Å². The summed E-state index contributed by atoms with van der Waals surface area (Å²) in [6.45, 7) is 3.14. The number of carbonyl (C=O) groups is 1. The van der Waals surface area contributed by atoms with Gasteiger partial charge in [-0.3, -0.25) is 0 Å². The number of ether oxygens (including phenoxy) is 1. The van der Waals surface area contributed by atoms with Crippen molar-refractivity contribution in [1.82, 2.24) is 0 Å². The molecule has 11 heavy (non-hydrogen) atoms. The minimum atomic E-state index is -0.447. The van der Waals surface area contributed by atoms with Crippen molar-refractivity contribution in [1.29, 1.82) is 0 Å². The van der Waals surface area contributed by atoms with Crippen molar-refractivity contribution < 1.29 is 9.53 Å². The Balaban J connectivity index is 0. The lowest BCUT2D eigenvalue weighted by atomic mass is 10.3. The highest BCUT2D eigenvalue weighted by Crippen LogP contribution is 1.87. The number of unbranched alkanes of at least 4 members (excludes halogenated alkanes) is 1. The first kappa shape index (κ1) is 13.5. The molecule has 0 aliphatic heterocycles. The molecule has 0 heterocycles. The lowest BCUT2D eigenvalue weighted by Crippen LogP contribution is -2.27. The van der Waals surface area contributed by atoms with Gasteiger partial charge in [0.1, 0.15) is 6.29 Å². The van der Waals surface area contributed by atoms with Gasteiger partial charge in [0.05, 0.1) is 12.6 Å². The largest absolute Gasteiger partial charge is 0.379 e. The maximum absolute atomic E-state index is 9.96. The predicted molar refractivity (Wildman–Crippen MR) is 47.0 cm³/mol. The number of halogens is 1. The number of aldehydes is 1. The number of carbonyl (C=O) groups excluding carboxylic acids is 1. The minimum Gasteiger partial charge on any atom is -0.379 e. The first-order chi connectivity index (χ1) is 4.81. The Kier molecular flexibility index (Phi) is 12.1. The first-order valence-corrected chi connectivity index (χ1v) is 3.60. The van der Waals surface area contributed by atoms with Crippen molar-refractivity contribution in [3.63, 3.8) is 0 Å². The van der Waals surface area contributed by atoms with E-state index in [2.05, 4.69) is 6.92 Å². The van der Waals surface area contributed by atoms with Crippen LogP contribution in [0.3, 0.4) is 0 Å².